The summed E-state index contributed by atoms with van der Waals surface area (Å²) in [6.45, 7) is 0. The van der Waals surface area contributed by atoms with Gasteiger partial charge in [-0.2, -0.15) is 0 Å². The van der Waals surface area contributed by atoms with Crippen LogP contribution >= 0.6 is 34.4 Å². The van der Waals surface area contributed by atoms with Crippen molar-refractivity contribution in [1.29, 1.82) is 0 Å². The van der Waals surface area contributed by atoms with Crippen LogP contribution in [0.15, 0.2) is 33.9 Å². The Morgan fingerprint density at radius 3 is 2.58 bits per heavy atom. The molecule has 0 N–H and O–H groups in total. The highest BCUT2D eigenvalue weighted by atomic mass is 32.2. The van der Waals surface area contributed by atoms with Crippen molar-refractivity contribution in [3.05, 3.63) is 34.5 Å². The van der Waals surface area contributed by atoms with Gasteiger partial charge in [-0.1, -0.05) is 0 Å². The number of rotatable bonds is 6. The molecule has 0 aliphatic carbocycles. The number of hydrogen-bond acceptors (Lipinski definition) is 8. The quantitative estimate of drug-likeness (QED) is 0.420. The van der Waals surface area contributed by atoms with E-state index >= 15 is 0 Å². The minimum absolute atomic E-state index is 0.329. The van der Waals surface area contributed by atoms with Crippen LogP contribution in [0.3, 0.4) is 0 Å². The normalized spacial score (nSPS) is 10.6. The molecule has 0 saturated carbocycles. The van der Waals surface area contributed by atoms with E-state index in [2.05, 4.69) is 0 Å². The predicted octanol–water partition coefficient (Wildman–Crippen LogP) is 5.06. The van der Waals surface area contributed by atoms with E-state index in [4.69, 9.17) is 19.2 Å². The van der Waals surface area contributed by atoms with Gasteiger partial charge in [0.25, 0.3) is 0 Å². The van der Waals surface area contributed by atoms with E-state index in [9.17, 15) is 4.79 Å². The molecule has 0 aliphatic rings. The lowest BCUT2D eigenvalue weighted by Gasteiger charge is -2.08. The van der Waals surface area contributed by atoms with Crippen LogP contribution in [0.2, 0.25) is 0 Å². The molecule has 136 valence electrons. The van der Waals surface area contributed by atoms with E-state index in [0.717, 1.165) is 31.8 Å². The number of thioether (sulfide) groups is 1. The monoisotopic (exact) mass is 407 g/mol. The van der Waals surface area contributed by atoms with Crippen molar-refractivity contribution in [2.75, 3.05) is 27.6 Å². The van der Waals surface area contributed by atoms with Gasteiger partial charge >= 0.3 is 5.97 Å². The number of carbonyl (C=O) groups is 1. The number of nitrogens with zero attached hydrogens (tertiary/aromatic N) is 1. The van der Waals surface area contributed by atoms with Crippen LogP contribution in [0.4, 0.5) is 0 Å². The highest BCUT2D eigenvalue weighted by Gasteiger charge is 2.19. The summed E-state index contributed by atoms with van der Waals surface area (Å²) in [6, 6.07) is 7.49. The summed E-state index contributed by atoms with van der Waals surface area (Å²) < 4.78 is 16.6. The number of aromatic nitrogens is 1. The lowest BCUT2D eigenvalue weighted by Crippen LogP contribution is -1.96. The van der Waals surface area contributed by atoms with Crippen molar-refractivity contribution in [2.24, 2.45) is 0 Å². The van der Waals surface area contributed by atoms with Gasteiger partial charge in [-0.3, -0.25) is 0 Å². The largest absolute Gasteiger partial charge is 0.497 e. The van der Waals surface area contributed by atoms with E-state index in [0.29, 0.717) is 10.6 Å². The average molecular weight is 408 g/mol. The summed E-state index contributed by atoms with van der Waals surface area (Å²) in [4.78, 5) is 17.2. The summed E-state index contributed by atoms with van der Waals surface area (Å²) in [6.07, 6.45) is 1.98. The fourth-order valence-electron chi connectivity index (χ4n) is 2.41. The van der Waals surface area contributed by atoms with Gasteiger partial charge < -0.3 is 14.2 Å². The lowest BCUT2D eigenvalue weighted by atomic mass is 10.1. The van der Waals surface area contributed by atoms with Crippen LogP contribution in [0.5, 0.6) is 11.5 Å². The smallest absolute Gasteiger partial charge is 0.348 e. The van der Waals surface area contributed by atoms with Crippen LogP contribution in [-0.2, 0) is 4.74 Å². The fourth-order valence-corrected chi connectivity index (χ4v) is 5.17. The van der Waals surface area contributed by atoms with Crippen molar-refractivity contribution >= 4 is 40.4 Å². The molecule has 0 unspecified atom stereocenters. The zero-order valence-electron chi connectivity index (χ0n) is 14.7. The Morgan fingerprint density at radius 1 is 1.12 bits per heavy atom. The van der Waals surface area contributed by atoms with Crippen LogP contribution < -0.4 is 9.47 Å². The Labute approximate surface area is 163 Å². The van der Waals surface area contributed by atoms with Crippen LogP contribution in [0.25, 0.3) is 21.8 Å². The van der Waals surface area contributed by atoms with Gasteiger partial charge in [0.05, 0.1) is 31.2 Å². The molecule has 3 aromatic rings. The second kappa shape index (κ2) is 8.11. The van der Waals surface area contributed by atoms with E-state index in [-0.39, 0.29) is 5.97 Å². The van der Waals surface area contributed by atoms with Crippen molar-refractivity contribution in [2.45, 2.75) is 4.21 Å². The summed E-state index contributed by atoms with van der Waals surface area (Å²) in [5, 5.41) is 2.84. The molecule has 1 aromatic carbocycles. The Bertz CT molecular complexity index is 932. The van der Waals surface area contributed by atoms with E-state index in [1.807, 2.05) is 35.9 Å². The lowest BCUT2D eigenvalue weighted by molar-refractivity contribution is 0.0606. The number of methoxy groups -OCH3 is 3. The molecule has 0 spiro atoms. The maximum Gasteiger partial charge on any atom is 0.348 e. The summed E-state index contributed by atoms with van der Waals surface area (Å²) >= 11 is 4.54. The molecule has 0 fully saturated rings. The van der Waals surface area contributed by atoms with Crippen LogP contribution in [0, 0.1) is 0 Å². The Balaban J connectivity index is 2.01. The van der Waals surface area contributed by atoms with Crippen molar-refractivity contribution in [1.82, 2.24) is 4.98 Å². The molecule has 3 rings (SSSR count). The first-order valence-corrected chi connectivity index (χ1v) is 10.5. The molecule has 0 aliphatic heterocycles. The third kappa shape index (κ3) is 3.58. The fraction of sp³-hybridized carbons (Fsp3) is 0.222. The molecule has 8 heteroatoms. The SMILES string of the molecule is COC(=O)c1cc(-c2nc(-c3ccc(OC)cc3OC)cs2)c(SC)s1. The summed E-state index contributed by atoms with van der Waals surface area (Å²) in [7, 11) is 4.63. The molecule has 0 amide bonds. The van der Waals surface area contributed by atoms with Gasteiger partial charge in [0.2, 0.25) is 0 Å². The van der Waals surface area contributed by atoms with Crippen molar-refractivity contribution in [3.63, 3.8) is 0 Å². The van der Waals surface area contributed by atoms with Gasteiger partial charge in [0.15, 0.2) is 0 Å². The third-order valence-electron chi connectivity index (χ3n) is 3.69. The molecule has 0 bridgehead atoms. The maximum atomic E-state index is 11.8. The molecule has 0 saturated heterocycles. The van der Waals surface area contributed by atoms with Crippen molar-refractivity contribution in [3.8, 4) is 33.3 Å². The Kier molecular flexibility index (Phi) is 5.85. The van der Waals surface area contributed by atoms with Gasteiger partial charge in [-0.05, 0) is 24.5 Å². The molecule has 0 radical (unpaired) electrons. The van der Waals surface area contributed by atoms with Crippen molar-refractivity contribution < 1.29 is 19.0 Å². The molecular weight excluding hydrogens is 390 g/mol. The van der Waals surface area contributed by atoms with Gasteiger partial charge in [-0.25, -0.2) is 9.78 Å². The average Bonchev–Trinajstić information content (AvgIpc) is 3.33. The van der Waals surface area contributed by atoms with Crippen LogP contribution in [0.1, 0.15) is 9.67 Å². The number of thiophene rings is 1. The number of thiazole rings is 1. The number of hydrogen-bond donors (Lipinski definition) is 0. The zero-order valence-corrected chi connectivity index (χ0v) is 17.1. The number of carbonyl (C=O) groups excluding carboxylic acids is 1. The first-order valence-electron chi connectivity index (χ1n) is 7.55. The number of esters is 1. The van der Waals surface area contributed by atoms with Gasteiger partial charge in [-0.15, -0.1) is 34.4 Å². The molecule has 5 nitrogen and oxygen atoms in total. The molecule has 2 aromatic heterocycles. The summed E-state index contributed by atoms with van der Waals surface area (Å²) in [5.74, 6) is 1.10. The molecule has 0 atom stereocenters. The maximum absolute atomic E-state index is 11.8. The van der Waals surface area contributed by atoms with E-state index < -0.39 is 0 Å². The number of ether oxygens (including phenoxy) is 3. The van der Waals surface area contributed by atoms with Gasteiger partial charge in [0.1, 0.15) is 21.4 Å². The predicted molar refractivity (Wildman–Crippen MR) is 107 cm³/mol. The molecule has 26 heavy (non-hydrogen) atoms. The van der Waals surface area contributed by atoms with E-state index in [1.165, 1.54) is 29.8 Å². The second-order valence-corrected chi connectivity index (χ2v) is 8.10. The first kappa shape index (κ1) is 18.8. The summed E-state index contributed by atoms with van der Waals surface area (Å²) in [5.41, 5.74) is 2.67. The molecular formula is C18H17NO4S3. The number of benzene rings is 1. The molecule has 2 heterocycles. The highest BCUT2D eigenvalue weighted by molar-refractivity contribution is 8.00. The van der Waals surface area contributed by atoms with Crippen LogP contribution in [-0.4, -0.2) is 38.5 Å². The second-order valence-electron chi connectivity index (χ2n) is 5.11. The highest BCUT2D eigenvalue weighted by Crippen LogP contribution is 2.41. The zero-order chi connectivity index (χ0) is 18.7. The van der Waals surface area contributed by atoms with Gasteiger partial charge in [0, 0.05) is 22.6 Å². The topological polar surface area (TPSA) is 57.7 Å². The standard InChI is InChI=1S/C18H17NO4S3/c1-21-10-5-6-11(14(7-10)22-2)13-9-25-16(19-13)12-8-15(17(20)23-3)26-18(12)24-4/h5-9H,1-4H3. The third-order valence-corrected chi connectivity index (χ3v) is 6.82. The Morgan fingerprint density at radius 2 is 1.92 bits per heavy atom. The minimum atomic E-state index is -0.329. The Hall–Kier alpha value is -2.03. The minimum Gasteiger partial charge on any atom is -0.497 e. The van der Waals surface area contributed by atoms with E-state index in [1.54, 1.807) is 26.0 Å². The first-order chi connectivity index (χ1) is 12.6.